The lowest BCUT2D eigenvalue weighted by Crippen LogP contribution is -2.23. The Morgan fingerprint density at radius 2 is 1.79 bits per heavy atom. The predicted molar refractivity (Wildman–Crippen MR) is 83.6 cm³/mol. The topological polar surface area (TPSA) is 35.5 Å². The summed E-state index contributed by atoms with van der Waals surface area (Å²) in [4.78, 5) is 11.6. The van der Waals surface area contributed by atoms with Gasteiger partial charge < -0.3 is 9.47 Å². The minimum absolute atomic E-state index is 0.0635. The van der Waals surface area contributed by atoms with Gasteiger partial charge in [0, 0.05) is 6.42 Å². The molecule has 0 N–H and O–H groups in total. The Hall–Kier alpha value is -1.98. The molecule has 0 radical (unpaired) electrons. The summed E-state index contributed by atoms with van der Waals surface area (Å²) in [7, 11) is 0. The molecule has 0 aromatic heterocycles. The summed E-state index contributed by atoms with van der Waals surface area (Å²) in [6.45, 7) is 3.57. The highest BCUT2D eigenvalue weighted by Crippen LogP contribution is 2.35. The van der Waals surface area contributed by atoms with Gasteiger partial charge in [-0.3, -0.25) is 4.79 Å². The molecular weight excluding hydrogens is 321 g/mol. The van der Waals surface area contributed by atoms with E-state index in [4.69, 9.17) is 4.74 Å². The number of ether oxygens (including phenoxy) is 2. The van der Waals surface area contributed by atoms with Gasteiger partial charge in [0.15, 0.2) is 0 Å². The molecule has 3 nitrogen and oxygen atoms in total. The quantitative estimate of drug-likeness (QED) is 0.532. The van der Waals surface area contributed by atoms with Gasteiger partial charge in [-0.05, 0) is 55.7 Å². The molecule has 132 valence electrons. The number of hydrogen-bond donors (Lipinski definition) is 0. The van der Waals surface area contributed by atoms with Crippen molar-refractivity contribution >= 4 is 5.97 Å². The van der Waals surface area contributed by atoms with Crippen molar-refractivity contribution in [3.8, 4) is 5.75 Å². The third-order valence-electron chi connectivity index (χ3n) is 4.11. The Kier molecular flexibility index (Phi) is 6.29. The number of halogens is 3. The third kappa shape index (κ3) is 5.91. The van der Waals surface area contributed by atoms with Crippen LogP contribution in [0.15, 0.2) is 36.9 Å². The molecule has 0 atom stereocenters. The van der Waals surface area contributed by atoms with Gasteiger partial charge in [0.05, 0.1) is 0 Å². The summed E-state index contributed by atoms with van der Waals surface area (Å²) in [5, 5.41) is 0. The fourth-order valence-corrected chi connectivity index (χ4v) is 2.92. The molecule has 0 unspecified atom stereocenters. The van der Waals surface area contributed by atoms with Crippen molar-refractivity contribution in [3.05, 3.63) is 42.5 Å². The second-order valence-electron chi connectivity index (χ2n) is 5.91. The van der Waals surface area contributed by atoms with Crippen LogP contribution in [-0.2, 0) is 9.53 Å². The molecule has 2 rings (SSSR count). The number of carbonyl (C=O) groups excluding carboxylic acids is 1. The molecule has 0 bridgehead atoms. The molecule has 1 fully saturated rings. The standard InChI is InChI=1S/C18H21F3O3/c1-2-3-4-17(22)23-15-9-5-13(6-10-15)14-7-11-16(12-8-14)24-18(19,20)21/h2,7-8,11-13,15H,1,3-6,9-10H2. The van der Waals surface area contributed by atoms with Crippen LogP contribution in [0.3, 0.4) is 0 Å². The highest BCUT2D eigenvalue weighted by molar-refractivity contribution is 5.69. The van der Waals surface area contributed by atoms with E-state index in [0.29, 0.717) is 12.8 Å². The van der Waals surface area contributed by atoms with E-state index in [-0.39, 0.29) is 23.7 Å². The Balaban J connectivity index is 1.81. The third-order valence-corrected chi connectivity index (χ3v) is 4.11. The zero-order valence-electron chi connectivity index (χ0n) is 13.3. The van der Waals surface area contributed by atoms with Crippen LogP contribution in [0.2, 0.25) is 0 Å². The van der Waals surface area contributed by atoms with Crippen molar-refractivity contribution < 1.29 is 27.4 Å². The number of carbonyl (C=O) groups is 1. The molecule has 0 aliphatic heterocycles. The molecule has 6 heteroatoms. The largest absolute Gasteiger partial charge is 0.573 e. The van der Waals surface area contributed by atoms with Crippen molar-refractivity contribution in [1.29, 1.82) is 0 Å². The average molecular weight is 342 g/mol. The van der Waals surface area contributed by atoms with Gasteiger partial charge >= 0.3 is 12.3 Å². The maximum atomic E-state index is 12.2. The lowest BCUT2D eigenvalue weighted by atomic mass is 9.83. The highest BCUT2D eigenvalue weighted by Gasteiger charge is 2.31. The first kappa shape index (κ1) is 18.4. The molecule has 0 saturated heterocycles. The second kappa shape index (κ2) is 8.22. The molecule has 0 heterocycles. The monoisotopic (exact) mass is 342 g/mol. The van der Waals surface area contributed by atoms with Crippen LogP contribution >= 0.6 is 0 Å². The summed E-state index contributed by atoms with van der Waals surface area (Å²) in [6, 6.07) is 6.01. The van der Waals surface area contributed by atoms with Gasteiger partial charge in [-0.25, -0.2) is 0 Å². The van der Waals surface area contributed by atoms with Crippen molar-refractivity contribution in [2.24, 2.45) is 0 Å². The van der Waals surface area contributed by atoms with Crippen LogP contribution in [0.5, 0.6) is 5.75 Å². The summed E-state index contributed by atoms with van der Waals surface area (Å²) >= 11 is 0. The maximum Gasteiger partial charge on any atom is 0.573 e. The van der Waals surface area contributed by atoms with Crippen LogP contribution in [0, 0.1) is 0 Å². The van der Waals surface area contributed by atoms with E-state index >= 15 is 0 Å². The Bertz CT molecular complexity index is 544. The van der Waals surface area contributed by atoms with Crippen LogP contribution in [0.4, 0.5) is 13.2 Å². The number of allylic oxidation sites excluding steroid dienone is 1. The van der Waals surface area contributed by atoms with Crippen molar-refractivity contribution in [2.75, 3.05) is 0 Å². The van der Waals surface area contributed by atoms with Crippen molar-refractivity contribution in [2.45, 2.75) is 56.9 Å². The Morgan fingerprint density at radius 1 is 1.17 bits per heavy atom. The number of alkyl halides is 3. The molecular formula is C18H21F3O3. The second-order valence-corrected chi connectivity index (χ2v) is 5.91. The smallest absolute Gasteiger partial charge is 0.462 e. The van der Waals surface area contributed by atoms with E-state index in [1.165, 1.54) is 12.1 Å². The molecule has 1 aliphatic rings. The zero-order chi connectivity index (χ0) is 17.6. The van der Waals surface area contributed by atoms with E-state index in [2.05, 4.69) is 11.3 Å². The fourth-order valence-electron chi connectivity index (χ4n) is 2.92. The lowest BCUT2D eigenvalue weighted by Gasteiger charge is -2.28. The van der Waals surface area contributed by atoms with Gasteiger partial charge in [0.1, 0.15) is 11.9 Å². The van der Waals surface area contributed by atoms with Crippen LogP contribution in [0.1, 0.15) is 50.0 Å². The Labute approximate surface area is 139 Å². The maximum absolute atomic E-state index is 12.2. The molecule has 1 aliphatic carbocycles. The van der Waals surface area contributed by atoms with E-state index < -0.39 is 6.36 Å². The molecule has 0 amide bonds. The summed E-state index contributed by atoms with van der Waals surface area (Å²) < 4.78 is 45.7. The van der Waals surface area contributed by atoms with Gasteiger partial charge in [-0.2, -0.15) is 0 Å². The number of esters is 1. The highest BCUT2D eigenvalue weighted by atomic mass is 19.4. The normalized spacial score (nSPS) is 21.1. The van der Waals surface area contributed by atoms with Gasteiger partial charge in [0.25, 0.3) is 0 Å². The number of rotatable bonds is 6. The first-order valence-corrected chi connectivity index (χ1v) is 8.03. The van der Waals surface area contributed by atoms with E-state index in [1.54, 1.807) is 18.2 Å². The van der Waals surface area contributed by atoms with Crippen molar-refractivity contribution in [3.63, 3.8) is 0 Å². The molecule has 1 saturated carbocycles. The number of hydrogen-bond acceptors (Lipinski definition) is 3. The summed E-state index contributed by atoms with van der Waals surface area (Å²) in [6.07, 6.45) is 1.14. The number of benzene rings is 1. The minimum atomic E-state index is -4.67. The fraction of sp³-hybridized carbons (Fsp3) is 0.500. The predicted octanol–water partition coefficient (Wildman–Crippen LogP) is 5.12. The molecule has 1 aromatic rings. The summed E-state index contributed by atoms with van der Waals surface area (Å²) in [5.41, 5.74) is 0.987. The molecule has 1 aromatic carbocycles. The van der Waals surface area contributed by atoms with E-state index in [9.17, 15) is 18.0 Å². The van der Waals surface area contributed by atoms with Crippen LogP contribution in [-0.4, -0.2) is 18.4 Å². The Morgan fingerprint density at radius 3 is 2.33 bits per heavy atom. The molecule has 24 heavy (non-hydrogen) atoms. The molecule has 0 spiro atoms. The van der Waals surface area contributed by atoms with Gasteiger partial charge in [0.2, 0.25) is 0 Å². The summed E-state index contributed by atoms with van der Waals surface area (Å²) in [5.74, 6) is -0.142. The first-order valence-electron chi connectivity index (χ1n) is 8.03. The minimum Gasteiger partial charge on any atom is -0.462 e. The average Bonchev–Trinajstić information content (AvgIpc) is 2.53. The van der Waals surface area contributed by atoms with Crippen LogP contribution in [0.25, 0.3) is 0 Å². The SMILES string of the molecule is C=CCCC(=O)OC1CCC(c2ccc(OC(F)(F)F)cc2)CC1. The lowest BCUT2D eigenvalue weighted by molar-refractivity contribution is -0.274. The van der Waals surface area contributed by atoms with Gasteiger partial charge in [-0.15, -0.1) is 19.8 Å². The zero-order valence-corrected chi connectivity index (χ0v) is 13.3. The van der Waals surface area contributed by atoms with E-state index in [0.717, 1.165) is 31.2 Å². The van der Waals surface area contributed by atoms with Crippen molar-refractivity contribution in [1.82, 2.24) is 0 Å². The van der Waals surface area contributed by atoms with Gasteiger partial charge in [-0.1, -0.05) is 18.2 Å². The van der Waals surface area contributed by atoms with E-state index in [1.807, 2.05) is 0 Å². The first-order chi connectivity index (χ1) is 11.4. The van der Waals surface area contributed by atoms with Crippen LogP contribution < -0.4 is 4.74 Å².